The molecule has 0 saturated carbocycles. The van der Waals surface area contributed by atoms with E-state index < -0.39 is 0 Å². The Morgan fingerprint density at radius 3 is 2.88 bits per heavy atom. The van der Waals surface area contributed by atoms with Gasteiger partial charge in [-0.3, -0.25) is 9.88 Å². The van der Waals surface area contributed by atoms with Gasteiger partial charge < -0.3 is 5.32 Å². The number of thiophene rings is 1. The number of nitrogens with one attached hydrogen (secondary N) is 1. The molecule has 0 radical (unpaired) electrons. The van der Waals surface area contributed by atoms with Gasteiger partial charge in [-0.2, -0.15) is 0 Å². The molecular formula is C19H23N5S. The zero-order valence-corrected chi connectivity index (χ0v) is 15.3. The van der Waals surface area contributed by atoms with Crippen molar-refractivity contribution in [3.8, 4) is 0 Å². The second-order valence-electron chi connectivity index (χ2n) is 6.54. The monoisotopic (exact) mass is 353 g/mol. The molecule has 6 heteroatoms. The van der Waals surface area contributed by atoms with E-state index in [4.69, 9.17) is 0 Å². The Hall–Kier alpha value is -2.05. The van der Waals surface area contributed by atoms with Gasteiger partial charge in [0.15, 0.2) is 0 Å². The highest BCUT2D eigenvalue weighted by Crippen LogP contribution is 2.28. The maximum Gasteiger partial charge on any atom is 0.138 e. The van der Waals surface area contributed by atoms with Crippen LogP contribution in [0.1, 0.15) is 36.7 Å². The van der Waals surface area contributed by atoms with E-state index in [1.165, 1.54) is 24.8 Å². The normalized spacial score (nSPS) is 16.8. The Kier molecular flexibility index (Phi) is 4.90. The van der Waals surface area contributed by atoms with Crippen molar-refractivity contribution in [2.75, 3.05) is 25.0 Å². The van der Waals surface area contributed by atoms with Gasteiger partial charge in [-0.15, -0.1) is 11.3 Å². The lowest BCUT2D eigenvalue weighted by atomic mass is 10.0. The highest BCUT2D eigenvalue weighted by Gasteiger charge is 2.22. The minimum Gasteiger partial charge on any atom is -0.367 e. The highest BCUT2D eigenvalue weighted by atomic mass is 32.1. The average molecular weight is 353 g/mol. The lowest BCUT2D eigenvalue weighted by Gasteiger charge is -2.35. The SMILES string of the molecule is Cc1nc(NC[C@@H](c2cccnc2)N2CCCCC2)c2ccsc2n1. The molecular weight excluding hydrogens is 330 g/mol. The fourth-order valence-corrected chi connectivity index (χ4v) is 4.36. The molecule has 1 atom stereocenters. The molecule has 1 N–H and O–H groups in total. The molecule has 4 heterocycles. The minimum atomic E-state index is 0.318. The molecule has 0 amide bonds. The number of hydrogen-bond donors (Lipinski definition) is 1. The van der Waals surface area contributed by atoms with Crippen molar-refractivity contribution < 1.29 is 0 Å². The molecule has 0 unspecified atom stereocenters. The number of anilines is 1. The number of piperidine rings is 1. The van der Waals surface area contributed by atoms with Crippen LogP contribution < -0.4 is 5.32 Å². The molecule has 0 bridgehead atoms. The van der Waals surface area contributed by atoms with E-state index in [-0.39, 0.29) is 0 Å². The first-order valence-electron chi connectivity index (χ1n) is 8.91. The van der Waals surface area contributed by atoms with E-state index in [0.29, 0.717) is 6.04 Å². The van der Waals surface area contributed by atoms with E-state index in [2.05, 4.69) is 42.7 Å². The van der Waals surface area contributed by atoms with E-state index in [0.717, 1.165) is 41.5 Å². The predicted molar refractivity (Wildman–Crippen MR) is 103 cm³/mol. The van der Waals surface area contributed by atoms with Crippen molar-refractivity contribution in [1.82, 2.24) is 19.9 Å². The molecule has 0 spiro atoms. The molecule has 1 fully saturated rings. The number of rotatable bonds is 5. The standard InChI is InChI=1S/C19H23N5S/c1-14-22-18(16-7-11-25-19(16)23-14)21-13-17(15-6-5-8-20-12-15)24-9-3-2-4-10-24/h5-8,11-12,17H,2-4,9-10,13H2,1H3,(H,21,22,23)/t17-/m0/s1. The van der Waals surface area contributed by atoms with Gasteiger partial charge in [0.05, 0.1) is 11.4 Å². The van der Waals surface area contributed by atoms with Crippen LogP contribution in [-0.4, -0.2) is 39.5 Å². The van der Waals surface area contributed by atoms with Crippen molar-refractivity contribution in [2.45, 2.75) is 32.2 Å². The Balaban J connectivity index is 1.59. The number of aryl methyl sites for hydroxylation is 1. The number of nitrogens with zero attached hydrogens (tertiary/aromatic N) is 4. The lowest BCUT2D eigenvalue weighted by molar-refractivity contribution is 0.170. The number of aromatic nitrogens is 3. The van der Waals surface area contributed by atoms with Crippen molar-refractivity contribution in [1.29, 1.82) is 0 Å². The fourth-order valence-electron chi connectivity index (χ4n) is 3.55. The summed E-state index contributed by atoms with van der Waals surface area (Å²) in [5, 5.41) is 6.78. The maximum absolute atomic E-state index is 4.63. The van der Waals surface area contributed by atoms with Gasteiger partial charge in [-0.25, -0.2) is 9.97 Å². The largest absolute Gasteiger partial charge is 0.367 e. The van der Waals surface area contributed by atoms with Gasteiger partial charge in [-0.05, 0) is 55.9 Å². The lowest BCUT2D eigenvalue weighted by Crippen LogP contribution is -2.37. The van der Waals surface area contributed by atoms with Gasteiger partial charge in [0.25, 0.3) is 0 Å². The van der Waals surface area contributed by atoms with E-state index in [1.807, 2.05) is 25.4 Å². The summed E-state index contributed by atoms with van der Waals surface area (Å²) in [6.45, 7) is 5.08. The zero-order chi connectivity index (χ0) is 17.1. The zero-order valence-electron chi connectivity index (χ0n) is 14.5. The van der Waals surface area contributed by atoms with Crippen molar-refractivity contribution in [2.24, 2.45) is 0 Å². The van der Waals surface area contributed by atoms with E-state index in [9.17, 15) is 0 Å². The maximum atomic E-state index is 4.63. The topological polar surface area (TPSA) is 53.9 Å². The minimum absolute atomic E-state index is 0.318. The molecule has 1 saturated heterocycles. The predicted octanol–water partition coefficient (Wildman–Crippen LogP) is 4.03. The number of pyridine rings is 1. The van der Waals surface area contributed by atoms with Crippen LogP contribution in [0.4, 0.5) is 5.82 Å². The van der Waals surface area contributed by atoms with Crippen LogP contribution in [0.5, 0.6) is 0 Å². The van der Waals surface area contributed by atoms with Crippen molar-refractivity contribution in [3.63, 3.8) is 0 Å². The number of hydrogen-bond acceptors (Lipinski definition) is 6. The second kappa shape index (κ2) is 7.45. The molecule has 130 valence electrons. The first-order chi connectivity index (χ1) is 12.3. The quantitative estimate of drug-likeness (QED) is 0.750. The molecule has 0 aromatic carbocycles. The third kappa shape index (κ3) is 3.65. The van der Waals surface area contributed by atoms with Crippen LogP contribution in [0.2, 0.25) is 0 Å². The summed E-state index contributed by atoms with van der Waals surface area (Å²) in [5.41, 5.74) is 1.27. The van der Waals surface area contributed by atoms with Gasteiger partial charge in [-0.1, -0.05) is 12.5 Å². The summed E-state index contributed by atoms with van der Waals surface area (Å²) < 4.78 is 0. The average Bonchev–Trinajstić information content (AvgIpc) is 3.12. The van der Waals surface area contributed by atoms with Crippen LogP contribution in [0.15, 0.2) is 36.0 Å². The molecule has 1 aliphatic rings. The first-order valence-corrected chi connectivity index (χ1v) is 9.79. The van der Waals surface area contributed by atoms with Crippen LogP contribution >= 0.6 is 11.3 Å². The summed E-state index contributed by atoms with van der Waals surface area (Å²) in [4.78, 5) is 17.1. The molecule has 3 aromatic heterocycles. The van der Waals surface area contributed by atoms with Gasteiger partial charge in [0.1, 0.15) is 16.5 Å². The van der Waals surface area contributed by atoms with Gasteiger partial charge >= 0.3 is 0 Å². The van der Waals surface area contributed by atoms with Gasteiger partial charge in [0, 0.05) is 18.9 Å². The van der Waals surface area contributed by atoms with E-state index >= 15 is 0 Å². The molecule has 25 heavy (non-hydrogen) atoms. The summed E-state index contributed by atoms with van der Waals surface area (Å²) >= 11 is 1.66. The second-order valence-corrected chi connectivity index (χ2v) is 7.43. The number of fused-ring (bicyclic) bond motifs is 1. The molecule has 1 aliphatic heterocycles. The Labute approximate surface area is 152 Å². The summed E-state index contributed by atoms with van der Waals surface area (Å²) in [7, 11) is 0. The molecule has 3 aromatic rings. The fraction of sp³-hybridized carbons (Fsp3) is 0.421. The van der Waals surface area contributed by atoms with Crippen LogP contribution in [0, 0.1) is 6.92 Å². The van der Waals surface area contributed by atoms with Crippen LogP contribution in [0.25, 0.3) is 10.2 Å². The Morgan fingerprint density at radius 1 is 1.20 bits per heavy atom. The van der Waals surface area contributed by atoms with Gasteiger partial charge in [0.2, 0.25) is 0 Å². The molecule has 4 rings (SSSR count). The molecule has 5 nitrogen and oxygen atoms in total. The van der Waals surface area contributed by atoms with Crippen LogP contribution in [0.3, 0.4) is 0 Å². The van der Waals surface area contributed by atoms with Crippen molar-refractivity contribution in [3.05, 3.63) is 47.4 Å². The summed E-state index contributed by atoms with van der Waals surface area (Å²) in [6.07, 6.45) is 7.72. The van der Waals surface area contributed by atoms with Crippen molar-refractivity contribution >= 4 is 27.4 Å². The number of likely N-dealkylation sites (tertiary alicyclic amines) is 1. The Morgan fingerprint density at radius 2 is 2.08 bits per heavy atom. The van der Waals surface area contributed by atoms with Crippen LogP contribution in [-0.2, 0) is 0 Å². The highest BCUT2D eigenvalue weighted by molar-refractivity contribution is 7.16. The summed E-state index contributed by atoms with van der Waals surface area (Å²) in [6, 6.07) is 6.62. The third-order valence-electron chi connectivity index (χ3n) is 4.80. The summed E-state index contributed by atoms with van der Waals surface area (Å²) in [5.74, 6) is 1.75. The first kappa shape index (κ1) is 16.4. The molecule has 0 aliphatic carbocycles. The smallest absolute Gasteiger partial charge is 0.138 e. The third-order valence-corrected chi connectivity index (χ3v) is 5.61. The Bertz CT molecular complexity index is 826. The van der Waals surface area contributed by atoms with E-state index in [1.54, 1.807) is 11.3 Å².